The first kappa shape index (κ1) is 20.5. The van der Waals surface area contributed by atoms with Crippen LogP contribution in [0.5, 0.6) is 0 Å². The molecule has 2 amide bonds. The van der Waals surface area contributed by atoms with Crippen LogP contribution in [0, 0.1) is 11.8 Å². The third-order valence-corrected chi connectivity index (χ3v) is 7.47. The number of rotatable bonds is 4. The lowest BCUT2D eigenvalue weighted by molar-refractivity contribution is -0.130. The van der Waals surface area contributed by atoms with Crippen LogP contribution in [0.4, 0.5) is 0 Å². The van der Waals surface area contributed by atoms with Crippen molar-refractivity contribution in [2.45, 2.75) is 50.6 Å². The fourth-order valence-corrected chi connectivity index (χ4v) is 5.99. The van der Waals surface area contributed by atoms with Gasteiger partial charge in [-0.05, 0) is 31.7 Å². The van der Waals surface area contributed by atoms with E-state index in [0.717, 1.165) is 25.7 Å². The first-order valence-corrected chi connectivity index (χ1v) is 10.7. The molecule has 4 unspecified atom stereocenters. The molecule has 0 aromatic carbocycles. The number of nitrogens with zero attached hydrogens (tertiary/aromatic N) is 1. The lowest BCUT2D eigenvalue weighted by atomic mass is 9.84. The van der Waals surface area contributed by atoms with Crippen molar-refractivity contribution >= 4 is 34.1 Å². The number of sulfone groups is 1. The molecule has 3 fully saturated rings. The highest BCUT2D eigenvalue weighted by molar-refractivity contribution is 7.91. The third kappa shape index (κ3) is 4.65. The summed E-state index contributed by atoms with van der Waals surface area (Å²) in [7, 11) is -3.04. The minimum Gasteiger partial charge on any atom is -0.353 e. The summed E-state index contributed by atoms with van der Waals surface area (Å²) in [6.45, 7) is 0.908. The number of nitrogens with one attached hydrogen (secondary N) is 1. The van der Waals surface area contributed by atoms with Crippen LogP contribution >= 0.6 is 12.4 Å². The van der Waals surface area contributed by atoms with Crippen LogP contribution in [0.2, 0.25) is 0 Å². The monoisotopic (exact) mass is 393 g/mol. The van der Waals surface area contributed by atoms with E-state index in [2.05, 4.69) is 5.32 Å². The van der Waals surface area contributed by atoms with Crippen molar-refractivity contribution < 1.29 is 18.0 Å². The summed E-state index contributed by atoms with van der Waals surface area (Å²) < 4.78 is 23.2. The molecule has 7 nitrogen and oxygen atoms in total. The highest BCUT2D eigenvalue weighted by Crippen LogP contribution is 2.28. The van der Waals surface area contributed by atoms with Crippen LogP contribution in [0.3, 0.4) is 0 Å². The summed E-state index contributed by atoms with van der Waals surface area (Å²) in [6.07, 6.45) is 4.90. The molecular formula is C16H28ClN3O4S. The van der Waals surface area contributed by atoms with Crippen molar-refractivity contribution in [2.75, 3.05) is 24.6 Å². The molecule has 0 aromatic heterocycles. The van der Waals surface area contributed by atoms with Gasteiger partial charge >= 0.3 is 0 Å². The Morgan fingerprint density at radius 2 is 1.96 bits per heavy atom. The van der Waals surface area contributed by atoms with Crippen molar-refractivity contribution in [3.8, 4) is 0 Å². The fourth-order valence-electron chi connectivity index (χ4n) is 4.26. The Kier molecular flexibility index (Phi) is 6.73. The van der Waals surface area contributed by atoms with Crippen LogP contribution in [0.1, 0.15) is 38.5 Å². The second kappa shape index (κ2) is 8.22. The van der Waals surface area contributed by atoms with Crippen molar-refractivity contribution in [2.24, 2.45) is 17.6 Å². The Morgan fingerprint density at radius 3 is 2.60 bits per heavy atom. The fraction of sp³-hybridized carbons (Fsp3) is 0.875. The smallest absolute Gasteiger partial charge is 0.225 e. The largest absolute Gasteiger partial charge is 0.353 e. The minimum atomic E-state index is -3.04. The number of nitrogens with two attached hydrogens (primary N) is 1. The second-order valence-corrected chi connectivity index (χ2v) is 9.63. The Bertz CT molecular complexity index is 613. The van der Waals surface area contributed by atoms with E-state index in [1.165, 1.54) is 0 Å². The van der Waals surface area contributed by atoms with E-state index in [0.29, 0.717) is 25.4 Å². The SMILES string of the molecule is Cl.NCC1CCCCC1NC(=O)C1CC(=O)N(C2CCS(=O)(=O)C2)C1. The summed E-state index contributed by atoms with van der Waals surface area (Å²) in [5.41, 5.74) is 5.80. The summed E-state index contributed by atoms with van der Waals surface area (Å²) in [5, 5.41) is 3.09. The number of carbonyl (C=O) groups excluding carboxylic acids is 2. The molecule has 0 radical (unpaired) electrons. The number of carbonyl (C=O) groups is 2. The normalized spacial score (nSPS) is 34.6. The number of hydrogen-bond donors (Lipinski definition) is 2. The maximum atomic E-state index is 12.6. The van der Waals surface area contributed by atoms with Gasteiger partial charge in [0, 0.05) is 25.0 Å². The second-order valence-electron chi connectivity index (χ2n) is 7.40. The summed E-state index contributed by atoms with van der Waals surface area (Å²) in [5.74, 6) is -0.0749. The molecule has 1 saturated carbocycles. The van der Waals surface area contributed by atoms with Gasteiger partial charge in [0.05, 0.1) is 17.4 Å². The maximum Gasteiger partial charge on any atom is 0.225 e. The molecule has 0 spiro atoms. The Hall–Kier alpha value is -0.860. The van der Waals surface area contributed by atoms with E-state index >= 15 is 0 Å². The third-order valence-electron chi connectivity index (χ3n) is 5.72. The van der Waals surface area contributed by atoms with E-state index in [1.54, 1.807) is 4.90 Å². The van der Waals surface area contributed by atoms with Gasteiger partial charge in [-0.2, -0.15) is 0 Å². The van der Waals surface area contributed by atoms with E-state index < -0.39 is 9.84 Å². The van der Waals surface area contributed by atoms with Gasteiger partial charge in [0.25, 0.3) is 0 Å². The lowest BCUT2D eigenvalue weighted by Gasteiger charge is -2.32. The van der Waals surface area contributed by atoms with Crippen LogP contribution in [0.25, 0.3) is 0 Å². The molecule has 3 rings (SSSR count). The van der Waals surface area contributed by atoms with Gasteiger partial charge < -0.3 is 16.0 Å². The lowest BCUT2D eigenvalue weighted by Crippen LogP contribution is -2.47. The van der Waals surface area contributed by atoms with Gasteiger partial charge in [0.1, 0.15) is 0 Å². The van der Waals surface area contributed by atoms with Gasteiger partial charge in [-0.3, -0.25) is 9.59 Å². The Morgan fingerprint density at radius 1 is 1.24 bits per heavy atom. The molecule has 2 heterocycles. The number of amides is 2. The first-order valence-electron chi connectivity index (χ1n) is 8.90. The zero-order chi connectivity index (χ0) is 17.3. The quantitative estimate of drug-likeness (QED) is 0.702. The van der Waals surface area contributed by atoms with Gasteiger partial charge in [0.15, 0.2) is 9.84 Å². The van der Waals surface area contributed by atoms with Crippen molar-refractivity contribution in [3.05, 3.63) is 0 Å². The van der Waals surface area contributed by atoms with Gasteiger partial charge in [0.2, 0.25) is 11.8 Å². The van der Waals surface area contributed by atoms with Gasteiger partial charge in [-0.15, -0.1) is 12.4 Å². The van der Waals surface area contributed by atoms with E-state index in [9.17, 15) is 18.0 Å². The average Bonchev–Trinajstić information content (AvgIpc) is 3.10. The highest BCUT2D eigenvalue weighted by atomic mass is 35.5. The number of likely N-dealkylation sites (tertiary alicyclic amines) is 1. The van der Waals surface area contributed by atoms with E-state index in [4.69, 9.17) is 5.73 Å². The molecule has 25 heavy (non-hydrogen) atoms. The summed E-state index contributed by atoms with van der Waals surface area (Å²) in [6, 6.07) is -0.154. The standard InChI is InChI=1S/C16H27N3O4S.ClH/c17-8-11-3-1-2-4-14(11)18-16(21)12-7-15(20)19(9-12)13-5-6-24(22,23)10-13;/h11-14H,1-10,17H2,(H,18,21);1H. The molecule has 9 heteroatoms. The van der Waals surface area contributed by atoms with Crippen LogP contribution in [0.15, 0.2) is 0 Å². The Balaban J connectivity index is 0.00000225. The first-order chi connectivity index (χ1) is 11.4. The van der Waals surface area contributed by atoms with Crippen LogP contribution in [-0.2, 0) is 19.4 Å². The van der Waals surface area contributed by atoms with Crippen LogP contribution < -0.4 is 11.1 Å². The van der Waals surface area contributed by atoms with Crippen molar-refractivity contribution in [1.29, 1.82) is 0 Å². The molecule has 0 bridgehead atoms. The molecule has 3 N–H and O–H groups in total. The van der Waals surface area contributed by atoms with Crippen LogP contribution in [-0.4, -0.2) is 61.8 Å². The molecule has 4 atom stereocenters. The predicted octanol–water partition coefficient (Wildman–Crippen LogP) is 0.0775. The summed E-state index contributed by atoms with van der Waals surface area (Å²) >= 11 is 0. The zero-order valence-corrected chi connectivity index (χ0v) is 16.0. The van der Waals surface area contributed by atoms with Crippen molar-refractivity contribution in [3.63, 3.8) is 0 Å². The van der Waals surface area contributed by atoms with Gasteiger partial charge in [-0.1, -0.05) is 12.8 Å². The average molecular weight is 394 g/mol. The van der Waals surface area contributed by atoms with E-state index in [-0.39, 0.29) is 60.1 Å². The molecule has 1 aliphatic carbocycles. The molecular weight excluding hydrogens is 366 g/mol. The number of hydrogen-bond acceptors (Lipinski definition) is 5. The summed E-state index contributed by atoms with van der Waals surface area (Å²) in [4.78, 5) is 26.4. The molecule has 144 valence electrons. The molecule has 0 aromatic rings. The minimum absolute atomic E-state index is 0. The van der Waals surface area contributed by atoms with Gasteiger partial charge in [-0.25, -0.2) is 8.42 Å². The molecule has 3 aliphatic rings. The van der Waals surface area contributed by atoms with Crippen molar-refractivity contribution in [1.82, 2.24) is 10.2 Å². The Labute approximate surface area is 155 Å². The molecule has 2 saturated heterocycles. The maximum absolute atomic E-state index is 12.6. The molecule has 2 aliphatic heterocycles. The number of halogens is 1. The zero-order valence-electron chi connectivity index (χ0n) is 14.4. The predicted molar refractivity (Wildman–Crippen MR) is 97.1 cm³/mol. The topological polar surface area (TPSA) is 110 Å². The van der Waals surface area contributed by atoms with E-state index in [1.807, 2.05) is 0 Å². The highest BCUT2D eigenvalue weighted by Gasteiger charge is 2.42.